The van der Waals surface area contributed by atoms with Crippen molar-refractivity contribution in [1.29, 1.82) is 0 Å². The van der Waals surface area contributed by atoms with Gasteiger partial charge in [0.1, 0.15) is 0 Å². The SMILES string of the molecule is CC(C)(C1CCCC1)C1C2CCCCC2C2CCCCC21.C[Si](C)(C1CCCC1)C1CCCC1.[CH3-].[CH3-].[CH3-].[CH3-].[Cl][Zr+2][Cl].[Cl][Zr+2][Cl]. The fourth-order valence-electron chi connectivity index (χ4n) is 11.4. The van der Waals surface area contributed by atoms with Gasteiger partial charge in [0, 0.05) is 0 Å². The summed E-state index contributed by atoms with van der Waals surface area (Å²) in [4.78, 5) is 0. The van der Waals surface area contributed by atoms with Crippen LogP contribution in [0.4, 0.5) is 0 Å². The monoisotopic (exact) mass is 864 g/mol. The molecule has 7 heteroatoms. The molecule has 0 spiro atoms. The Hall–Kier alpha value is 3.14. The van der Waals surface area contributed by atoms with Gasteiger partial charge in [-0.1, -0.05) is 117 Å². The molecule has 44 heavy (non-hydrogen) atoms. The molecule has 0 nitrogen and oxygen atoms in total. The van der Waals surface area contributed by atoms with E-state index in [1.54, 1.807) is 64.2 Å². The number of fused-ring (bicyclic) bond motifs is 3. The second-order valence-electron chi connectivity index (χ2n) is 15.5. The summed E-state index contributed by atoms with van der Waals surface area (Å²) in [5, 5.41) is 0. The molecule has 4 unspecified atom stereocenters. The summed E-state index contributed by atoms with van der Waals surface area (Å²) < 4.78 is 0. The predicted octanol–water partition coefficient (Wildman–Crippen LogP) is 15.6. The summed E-state index contributed by atoms with van der Waals surface area (Å²) >= 11 is -1.65. The molecule has 0 aromatic carbocycles. The first-order valence-electron chi connectivity index (χ1n) is 17.2. The number of rotatable bonds is 4. The van der Waals surface area contributed by atoms with Crippen molar-refractivity contribution < 1.29 is 41.7 Å². The van der Waals surface area contributed by atoms with Crippen molar-refractivity contribution in [3.63, 3.8) is 0 Å². The molecule has 6 rings (SSSR count). The average molecular weight is 869 g/mol. The standard InChI is InChI=1S/C21H36.C12H24Si.4CH3.4ClH.2Zr/c1-21(2,15-9-3-4-10-15)20-18-13-7-5-11-16(18)17-12-6-8-14-19(17)20;1-13(2,11-7-3-4-8-11)12-9-5-6-10-12;;;;;;;;;;/h15-20H,3-14H2,1-2H3;11-12H,3-10H2,1-2H3;4*1H3;4*1H;;/q;;4*-1;;;;;2*+4/p-4. The van der Waals surface area contributed by atoms with Crippen molar-refractivity contribution in [3.05, 3.63) is 29.7 Å². The fraction of sp³-hybridized carbons (Fsp3) is 0.892. The molecule has 6 fully saturated rings. The van der Waals surface area contributed by atoms with Crippen molar-refractivity contribution in [3.8, 4) is 0 Å². The van der Waals surface area contributed by atoms with Crippen LogP contribution < -0.4 is 0 Å². The van der Waals surface area contributed by atoms with Crippen LogP contribution in [-0.4, -0.2) is 8.07 Å². The summed E-state index contributed by atoms with van der Waals surface area (Å²) in [7, 11) is 18.9. The third-order valence-electron chi connectivity index (χ3n) is 13.3. The predicted molar refractivity (Wildman–Crippen MR) is 201 cm³/mol. The molecule has 0 bridgehead atoms. The minimum atomic E-state index is -0.837. The Balaban J connectivity index is 0. The molecule has 0 aromatic heterocycles. The van der Waals surface area contributed by atoms with Gasteiger partial charge in [-0.25, -0.2) is 0 Å². The molecule has 260 valence electrons. The van der Waals surface area contributed by atoms with E-state index in [0.717, 1.165) is 35.5 Å². The van der Waals surface area contributed by atoms with Crippen LogP contribution in [0.1, 0.15) is 142 Å². The van der Waals surface area contributed by atoms with Gasteiger partial charge in [0.05, 0.1) is 8.07 Å². The van der Waals surface area contributed by atoms with E-state index >= 15 is 0 Å². The molecule has 0 aliphatic heterocycles. The van der Waals surface area contributed by atoms with Crippen LogP contribution in [0.2, 0.25) is 24.2 Å². The topological polar surface area (TPSA) is 0 Å². The number of halogens is 4. The Morgan fingerprint density at radius 1 is 0.455 bits per heavy atom. The molecule has 0 saturated heterocycles. The van der Waals surface area contributed by atoms with Gasteiger partial charge in [-0.3, -0.25) is 0 Å². The van der Waals surface area contributed by atoms with Crippen LogP contribution in [-0.2, 0) is 41.7 Å². The fourth-order valence-corrected chi connectivity index (χ4v) is 15.8. The zero-order valence-corrected chi connectivity index (χ0v) is 39.2. The first-order chi connectivity index (χ1) is 19.2. The van der Waals surface area contributed by atoms with E-state index < -0.39 is 49.8 Å². The maximum absolute atomic E-state index is 4.93. The molecule has 0 N–H and O–H groups in total. The summed E-state index contributed by atoms with van der Waals surface area (Å²) in [5.74, 6) is 6.62. The Kier molecular flexibility index (Phi) is 28.2. The van der Waals surface area contributed by atoms with E-state index in [9.17, 15) is 0 Å². The van der Waals surface area contributed by atoms with Gasteiger partial charge in [-0.2, -0.15) is 0 Å². The van der Waals surface area contributed by atoms with Crippen LogP contribution in [0, 0.1) is 70.6 Å². The van der Waals surface area contributed by atoms with E-state index in [0.29, 0.717) is 5.41 Å². The molecule has 0 aromatic rings. The summed E-state index contributed by atoms with van der Waals surface area (Å²) in [6.45, 7) is 10.7. The van der Waals surface area contributed by atoms with Crippen LogP contribution >= 0.6 is 34.1 Å². The molecule has 0 amide bonds. The third-order valence-corrected chi connectivity index (χ3v) is 18.7. The van der Waals surface area contributed by atoms with Gasteiger partial charge in [0.15, 0.2) is 0 Å². The second kappa shape index (κ2) is 25.2. The molecular weight excluding hydrogens is 797 g/mol. The number of hydrogen-bond acceptors (Lipinski definition) is 0. The van der Waals surface area contributed by atoms with Gasteiger partial charge in [-0.15, -0.1) is 0 Å². The van der Waals surface area contributed by atoms with Crippen LogP contribution in [0.25, 0.3) is 0 Å². The first kappa shape index (κ1) is 49.3. The molecule has 0 radical (unpaired) electrons. The Morgan fingerprint density at radius 2 is 0.705 bits per heavy atom. The van der Waals surface area contributed by atoms with Crippen molar-refractivity contribution in [2.75, 3.05) is 0 Å². The van der Waals surface area contributed by atoms with Gasteiger partial charge < -0.3 is 29.7 Å². The van der Waals surface area contributed by atoms with E-state index in [1.807, 2.05) is 0 Å². The molecule has 6 aliphatic carbocycles. The zero-order valence-electron chi connectivity index (χ0n) is 30.3. The minimum absolute atomic E-state index is 0. The molecule has 6 aliphatic rings. The maximum atomic E-state index is 4.93. The Labute approximate surface area is 317 Å². The van der Waals surface area contributed by atoms with Gasteiger partial charge in [-0.05, 0) is 90.5 Å². The third kappa shape index (κ3) is 13.0. The van der Waals surface area contributed by atoms with Crippen LogP contribution in [0.3, 0.4) is 0 Å². The molecule has 6 saturated carbocycles. The quantitative estimate of drug-likeness (QED) is 0.195. The van der Waals surface area contributed by atoms with Gasteiger partial charge in [0.25, 0.3) is 0 Å². The Morgan fingerprint density at radius 3 is 1.02 bits per heavy atom. The van der Waals surface area contributed by atoms with Crippen LogP contribution in [0.15, 0.2) is 0 Å². The van der Waals surface area contributed by atoms with Gasteiger partial charge >= 0.3 is 75.7 Å². The average Bonchev–Trinajstić information content (AvgIpc) is 3.77. The molecule has 0 heterocycles. The van der Waals surface area contributed by atoms with Crippen molar-refractivity contribution in [2.24, 2.45) is 40.9 Å². The zero-order chi connectivity index (χ0) is 29.2. The first-order valence-corrected chi connectivity index (χ1v) is 33.0. The van der Waals surface area contributed by atoms with E-state index in [4.69, 9.17) is 34.1 Å². The van der Waals surface area contributed by atoms with Crippen molar-refractivity contribution in [2.45, 2.75) is 166 Å². The number of hydrogen-bond donors (Lipinski definition) is 0. The molecular formula is C37H72Cl4SiZr2. The summed E-state index contributed by atoms with van der Waals surface area (Å²) in [5.41, 5.74) is 3.01. The summed E-state index contributed by atoms with van der Waals surface area (Å²) in [6, 6.07) is 0. The Bertz CT molecular complexity index is 649. The van der Waals surface area contributed by atoms with Crippen LogP contribution in [0.5, 0.6) is 0 Å². The van der Waals surface area contributed by atoms with E-state index in [1.165, 1.54) is 75.3 Å². The normalized spacial score (nSPS) is 29.8. The van der Waals surface area contributed by atoms with Crippen molar-refractivity contribution in [1.82, 2.24) is 0 Å². The van der Waals surface area contributed by atoms with E-state index in [2.05, 4.69) is 26.9 Å². The van der Waals surface area contributed by atoms with E-state index in [-0.39, 0.29) is 29.7 Å². The second-order valence-corrected chi connectivity index (χ2v) is 28.2. The van der Waals surface area contributed by atoms with Gasteiger partial charge in [0.2, 0.25) is 0 Å². The summed E-state index contributed by atoms with van der Waals surface area (Å²) in [6.07, 6.45) is 31.1. The van der Waals surface area contributed by atoms with Crippen molar-refractivity contribution >= 4 is 42.1 Å². The molecule has 4 atom stereocenters.